The Morgan fingerprint density at radius 3 is 2.24 bits per heavy atom. The van der Waals surface area contributed by atoms with Gasteiger partial charge in [-0.25, -0.2) is 0 Å². The lowest BCUT2D eigenvalue weighted by atomic mass is 10.1. The second-order valence-corrected chi connectivity index (χ2v) is 6.68. The van der Waals surface area contributed by atoms with E-state index in [2.05, 4.69) is 41.4 Å². The van der Waals surface area contributed by atoms with Crippen LogP contribution in [0.25, 0.3) is 0 Å². The number of carbonyl (C=O) groups is 2. The van der Waals surface area contributed by atoms with Crippen LogP contribution in [-0.4, -0.2) is 60.9 Å². The normalized spacial score (nSPS) is 15.2. The van der Waals surface area contributed by atoms with E-state index in [4.69, 9.17) is 0 Å². The average Bonchev–Trinajstić information content (AvgIpc) is 2.65. The predicted octanol–water partition coefficient (Wildman–Crippen LogP) is 1.85. The fourth-order valence-corrected chi connectivity index (χ4v) is 3.03. The Hall–Kier alpha value is -1.88. The van der Waals surface area contributed by atoms with Crippen molar-refractivity contribution in [3.8, 4) is 0 Å². The van der Waals surface area contributed by atoms with Crippen LogP contribution in [0.4, 0.5) is 0 Å². The molecule has 1 aromatic rings. The molecule has 1 fully saturated rings. The van der Waals surface area contributed by atoms with Crippen LogP contribution in [0.15, 0.2) is 24.3 Å². The Morgan fingerprint density at radius 2 is 1.64 bits per heavy atom. The maximum atomic E-state index is 12.4. The highest BCUT2D eigenvalue weighted by Gasteiger charge is 2.22. The summed E-state index contributed by atoms with van der Waals surface area (Å²) in [6, 6.07) is 8.53. The van der Waals surface area contributed by atoms with Gasteiger partial charge in [0.2, 0.25) is 11.8 Å². The third kappa shape index (κ3) is 6.50. The average molecular weight is 345 g/mol. The molecule has 2 amide bonds. The zero-order chi connectivity index (χ0) is 18.1. The van der Waals surface area contributed by atoms with Crippen molar-refractivity contribution >= 4 is 11.8 Å². The van der Waals surface area contributed by atoms with Gasteiger partial charge in [-0.3, -0.25) is 14.5 Å². The number of hydrogen-bond acceptors (Lipinski definition) is 3. The van der Waals surface area contributed by atoms with E-state index in [1.807, 2.05) is 11.8 Å². The number of benzene rings is 1. The van der Waals surface area contributed by atoms with E-state index in [0.29, 0.717) is 26.1 Å². The van der Waals surface area contributed by atoms with E-state index in [9.17, 15) is 9.59 Å². The predicted molar refractivity (Wildman–Crippen MR) is 100 cm³/mol. The summed E-state index contributed by atoms with van der Waals surface area (Å²) in [5, 5.41) is 2.90. The first-order valence-corrected chi connectivity index (χ1v) is 9.47. The maximum absolute atomic E-state index is 12.4. The van der Waals surface area contributed by atoms with Gasteiger partial charge in [-0.05, 0) is 30.4 Å². The number of amides is 2. The molecular weight excluding hydrogens is 314 g/mol. The van der Waals surface area contributed by atoms with Crippen LogP contribution in [0.5, 0.6) is 0 Å². The lowest BCUT2D eigenvalue weighted by Gasteiger charge is -2.34. The van der Waals surface area contributed by atoms with E-state index in [1.54, 1.807) is 0 Å². The third-order valence-corrected chi connectivity index (χ3v) is 4.72. The molecule has 5 nitrogen and oxygen atoms in total. The van der Waals surface area contributed by atoms with Crippen LogP contribution in [-0.2, 0) is 22.4 Å². The maximum Gasteiger partial charge on any atom is 0.234 e. The third-order valence-electron chi connectivity index (χ3n) is 4.72. The first-order valence-electron chi connectivity index (χ1n) is 9.47. The topological polar surface area (TPSA) is 52.7 Å². The van der Waals surface area contributed by atoms with Gasteiger partial charge in [-0.15, -0.1) is 0 Å². The van der Waals surface area contributed by atoms with Gasteiger partial charge in [0.1, 0.15) is 0 Å². The Bertz CT molecular complexity index is 549. The number of hydrogen-bond donors (Lipinski definition) is 1. The van der Waals surface area contributed by atoms with E-state index < -0.39 is 0 Å². The summed E-state index contributed by atoms with van der Waals surface area (Å²) in [5.74, 6) is 0.298. The van der Waals surface area contributed by atoms with Gasteiger partial charge in [0.05, 0.1) is 6.54 Å². The number of nitrogens with zero attached hydrogens (tertiary/aromatic N) is 2. The summed E-state index contributed by atoms with van der Waals surface area (Å²) in [4.78, 5) is 28.2. The summed E-state index contributed by atoms with van der Waals surface area (Å²) in [6.07, 6.45) is 3.35. The van der Waals surface area contributed by atoms with Crippen LogP contribution in [0.1, 0.15) is 37.8 Å². The van der Waals surface area contributed by atoms with Gasteiger partial charge in [-0.2, -0.15) is 0 Å². The molecule has 0 saturated carbocycles. The van der Waals surface area contributed by atoms with Gasteiger partial charge >= 0.3 is 0 Å². The first-order chi connectivity index (χ1) is 12.1. The van der Waals surface area contributed by atoms with Crippen molar-refractivity contribution in [2.75, 3.05) is 39.3 Å². The van der Waals surface area contributed by atoms with Crippen molar-refractivity contribution in [3.63, 3.8) is 0 Å². The van der Waals surface area contributed by atoms with Crippen LogP contribution in [0.3, 0.4) is 0 Å². The molecule has 0 atom stereocenters. The highest BCUT2D eigenvalue weighted by Crippen LogP contribution is 2.10. The summed E-state index contributed by atoms with van der Waals surface area (Å²) >= 11 is 0. The molecule has 0 unspecified atom stereocenters. The molecule has 1 aromatic carbocycles. The SMILES string of the molecule is CCCNC(=O)CN1CCN(C(=O)CCc2ccc(CC)cc2)CC1. The minimum atomic E-state index is 0.0807. The minimum Gasteiger partial charge on any atom is -0.355 e. The van der Waals surface area contributed by atoms with Crippen molar-refractivity contribution in [2.24, 2.45) is 0 Å². The molecule has 1 heterocycles. The number of rotatable bonds is 8. The molecule has 0 bridgehead atoms. The molecule has 1 aliphatic rings. The second kappa shape index (κ2) is 10.2. The van der Waals surface area contributed by atoms with Gasteiger partial charge < -0.3 is 10.2 Å². The number of nitrogens with one attached hydrogen (secondary N) is 1. The van der Waals surface area contributed by atoms with Crippen molar-refractivity contribution < 1.29 is 9.59 Å². The molecule has 0 aliphatic carbocycles. The van der Waals surface area contributed by atoms with Gasteiger partial charge in [0.25, 0.3) is 0 Å². The van der Waals surface area contributed by atoms with Gasteiger partial charge in [0, 0.05) is 39.1 Å². The quantitative estimate of drug-likeness (QED) is 0.782. The van der Waals surface area contributed by atoms with Crippen LogP contribution < -0.4 is 5.32 Å². The lowest BCUT2D eigenvalue weighted by molar-refractivity contribution is -0.133. The molecule has 1 aliphatic heterocycles. The summed E-state index contributed by atoms with van der Waals surface area (Å²) in [6.45, 7) is 8.34. The van der Waals surface area contributed by atoms with Crippen LogP contribution >= 0.6 is 0 Å². The fourth-order valence-electron chi connectivity index (χ4n) is 3.03. The van der Waals surface area contributed by atoms with Crippen LogP contribution in [0, 0.1) is 0 Å². The Kier molecular flexibility index (Phi) is 7.92. The monoisotopic (exact) mass is 345 g/mol. The highest BCUT2D eigenvalue weighted by atomic mass is 16.2. The largest absolute Gasteiger partial charge is 0.355 e. The van der Waals surface area contributed by atoms with Gasteiger partial charge in [-0.1, -0.05) is 38.1 Å². The molecule has 0 spiro atoms. The summed E-state index contributed by atoms with van der Waals surface area (Å²) < 4.78 is 0. The molecule has 25 heavy (non-hydrogen) atoms. The molecule has 0 aromatic heterocycles. The lowest BCUT2D eigenvalue weighted by Crippen LogP contribution is -2.51. The molecule has 138 valence electrons. The fraction of sp³-hybridized carbons (Fsp3) is 0.600. The van der Waals surface area contributed by atoms with Crippen LogP contribution in [0.2, 0.25) is 0 Å². The Morgan fingerprint density at radius 1 is 1.00 bits per heavy atom. The first kappa shape index (κ1) is 19.4. The summed E-state index contributed by atoms with van der Waals surface area (Å²) in [5.41, 5.74) is 2.55. The van der Waals surface area contributed by atoms with E-state index in [-0.39, 0.29) is 11.8 Å². The zero-order valence-electron chi connectivity index (χ0n) is 15.6. The number of carbonyl (C=O) groups excluding carboxylic acids is 2. The molecule has 2 rings (SSSR count). The number of aryl methyl sites for hydroxylation is 2. The second-order valence-electron chi connectivity index (χ2n) is 6.68. The van der Waals surface area contributed by atoms with Crippen molar-refractivity contribution in [1.82, 2.24) is 15.1 Å². The molecular formula is C20H31N3O2. The standard InChI is InChI=1S/C20H31N3O2/c1-3-11-21-19(24)16-22-12-14-23(15-13-22)20(25)10-9-18-7-5-17(4-2)6-8-18/h5-8H,3-4,9-16H2,1-2H3,(H,21,24). The summed E-state index contributed by atoms with van der Waals surface area (Å²) in [7, 11) is 0. The molecule has 1 saturated heterocycles. The highest BCUT2D eigenvalue weighted by molar-refractivity contribution is 5.78. The number of piperazine rings is 1. The molecule has 5 heteroatoms. The minimum absolute atomic E-state index is 0.0807. The smallest absolute Gasteiger partial charge is 0.234 e. The molecule has 1 N–H and O–H groups in total. The van der Waals surface area contributed by atoms with E-state index in [1.165, 1.54) is 11.1 Å². The van der Waals surface area contributed by atoms with Crippen molar-refractivity contribution in [3.05, 3.63) is 35.4 Å². The molecule has 0 radical (unpaired) electrons. The zero-order valence-corrected chi connectivity index (χ0v) is 15.6. The van der Waals surface area contributed by atoms with Crippen molar-refractivity contribution in [2.45, 2.75) is 39.5 Å². The Balaban J connectivity index is 1.69. The van der Waals surface area contributed by atoms with E-state index >= 15 is 0 Å². The van der Waals surface area contributed by atoms with Crippen molar-refractivity contribution in [1.29, 1.82) is 0 Å². The van der Waals surface area contributed by atoms with Gasteiger partial charge in [0.15, 0.2) is 0 Å². The van der Waals surface area contributed by atoms with E-state index in [0.717, 1.165) is 38.9 Å². The Labute approximate surface area is 151 Å².